The third-order valence-electron chi connectivity index (χ3n) is 5.60. The number of benzene rings is 1. The predicted molar refractivity (Wildman–Crippen MR) is 94.7 cm³/mol. The normalized spacial score (nSPS) is 26.3. The van der Waals surface area contributed by atoms with Crippen molar-refractivity contribution in [3.05, 3.63) is 30.4 Å². The highest BCUT2D eigenvalue weighted by Crippen LogP contribution is 2.45. The summed E-state index contributed by atoms with van der Waals surface area (Å²) in [4.78, 5) is 28.3. The van der Waals surface area contributed by atoms with Crippen molar-refractivity contribution in [2.24, 2.45) is 11.3 Å². The molecule has 144 valence electrons. The largest absolute Gasteiger partial charge is 0.493 e. The molecule has 0 saturated carbocycles. The highest BCUT2D eigenvalue weighted by atomic mass is 16.7. The maximum atomic E-state index is 12.7. The molecule has 0 spiro atoms. The van der Waals surface area contributed by atoms with Gasteiger partial charge >= 0.3 is 5.97 Å². The van der Waals surface area contributed by atoms with Gasteiger partial charge in [0.05, 0.1) is 13.0 Å². The van der Waals surface area contributed by atoms with Crippen LogP contribution in [0.25, 0.3) is 0 Å². The molecule has 0 unspecified atom stereocenters. The van der Waals surface area contributed by atoms with Crippen LogP contribution in [0.2, 0.25) is 0 Å². The first-order valence-electron chi connectivity index (χ1n) is 8.80. The summed E-state index contributed by atoms with van der Waals surface area (Å²) in [6.07, 6.45) is 1.63. The molecule has 2 fully saturated rings. The second kappa shape index (κ2) is 6.45. The van der Waals surface area contributed by atoms with Crippen molar-refractivity contribution < 1.29 is 28.9 Å². The minimum atomic E-state index is -1.07. The van der Waals surface area contributed by atoms with E-state index in [2.05, 4.69) is 6.58 Å². The number of amides is 1. The Morgan fingerprint density at radius 2 is 2.26 bits per heavy atom. The minimum Gasteiger partial charge on any atom is -0.493 e. The summed E-state index contributed by atoms with van der Waals surface area (Å²) in [7, 11) is 1.56. The van der Waals surface area contributed by atoms with E-state index in [0.29, 0.717) is 43.4 Å². The molecule has 2 saturated heterocycles. The fourth-order valence-corrected chi connectivity index (χ4v) is 4.37. The second-order valence-corrected chi connectivity index (χ2v) is 7.22. The molecule has 3 aliphatic heterocycles. The van der Waals surface area contributed by atoms with Crippen LogP contribution in [-0.2, 0) is 16.1 Å². The number of rotatable bonds is 6. The molecule has 27 heavy (non-hydrogen) atoms. The average molecular weight is 374 g/mol. The van der Waals surface area contributed by atoms with Crippen LogP contribution in [0, 0.1) is 11.3 Å². The van der Waals surface area contributed by atoms with Gasteiger partial charge in [0, 0.05) is 32.7 Å². The zero-order chi connectivity index (χ0) is 19.2. The topological polar surface area (TPSA) is 88.5 Å². The molecule has 0 bridgehead atoms. The van der Waals surface area contributed by atoms with Crippen LogP contribution in [0.5, 0.6) is 17.2 Å². The first-order valence-corrected chi connectivity index (χ1v) is 8.80. The fourth-order valence-electron chi connectivity index (χ4n) is 4.37. The number of aliphatic carboxylic acids is 1. The van der Waals surface area contributed by atoms with Gasteiger partial charge in [-0.1, -0.05) is 6.08 Å². The number of carboxylic acids is 1. The summed E-state index contributed by atoms with van der Waals surface area (Å²) in [5.74, 6) is 0.217. The summed E-state index contributed by atoms with van der Waals surface area (Å²) in [6, 6.07) is 3.74. The first-order chi connectivity index (χ1) is 13.0. The van der Waals surface area contributed by atoms with Crippen molar-refractivity contribution in [2.45, 2.75) is 6.54 Å². The molecule has 0 aromatic heterocycles. The quantitative estimate of drug-likeness (QED) is 0.742. The van der Waals surface area contributed by atoms with Crippen molar-refractivity contribution in [1.29, 1.82) is 0 Å². The Morgan fingerprint density at radius 3 is 2.93 bits per heavy atom. The lowest BCUT2D eigenvalue weighted by Gasteiger charge is -2.25. The molecular formula is C19H22N2O6. The molecule has 1 amide bonds. The summed E-state index contributed by atoms with van der Waals surface area (Å²) in [5, 5.41) is 9.88. The number of nitrogens with zero attached hydrogens (tertiary/aromatic N) is 2. The zero-order valence-electron chi connectivity index (χ0n) is 15.1. The molecule has 3 heterocycles. The van der Waals surface area contributed by atoms with Crippen molar-refractivity contribution in [3.63, 3.8) is 0 Å². The van der Waals surface area contributed by atoms with Gasteiger partial charge in [-0.05, 0) is 17.7 Å². The number of ether oxygens (including phenoxy) is 3. The van der Waals surface area contributed by atoms with Crippen LogP contribution in [0.1, 0.15) is 5.56 Å². The molecule has 2 atom stereocenters. The van der Waals surface area contributed by atoms with Gasteiger partial charge in [-0.3, -0.25) is 14.5 Å². The molecular weight excluding hydrogens is 352 g/mol. The van der Waals surface area contributed by atoms with E-state index in [4.69, 9.17) is 14.2 Å². The third kappa shape index (κ3) is 2.71. The standard InChI is InChI=1S/C19H22N2O6/c1-3-4-21-10-19(18(23)24)9-20(8-13(19)17(21)22)7-12-5-14(25-2)16-15(6-12)26-11-27-16/h3,5-6,13H,1,4,7-11H2,2H3,(H,23,24)/t13-,19-/m0/s1. The van der Waals surface area contributed by atoms with E-state index in [9.17, 15) is 14.7 Å². The van der Waals surface area contributed by atoms with Gasteiger partial charge in [-0.25, -0.2) is 0 Å². The van der Waals surface area contributed by atoms with E-state index < -0.39 is 17.3 Å². The number of fused-ring (bicyclic) bond motifs is 2. The lowest BCUT2D eigenvalue weighted by molar-refractivity contribution is -0.149. The van der Waals surface area contributed by atoms with Gasteiger partial charge in [0.15, 0.2) is 11.5 Å². The molecule has 8 nitrogen and oxygen atoms in total. The van der Waals surface area contributed by atoms with E-state index in [-0.39, 0.29) is 19.2 Å². The van der Waals surface area contributed by atoms with E-state index in [1.807, 2.05) is 17.0 Å². The van der Waals surface area contributed by atoms with Crippen LogP contribution in [0.3, 0.4) is 0 Å². The SMILES string of the molecule is C=CCN1C[C@@]2(C(=O)O)CN(Cc3cc(OC)c4c(c3)OCO4)C[C@H]2C1=O. The summed E-state index contributed by atoms with van der Waals surface area (Å²) >= 11 is 0. The number of hydrogen-bond acceptors (Lipinski definition) is 6. The van der Waals surface area contributed by atoms with Crippen LogP contribution in [-0.4, -0.2) is 66.9 Å². The van der Waals surface area contributed by atoms with Gasteiger partial charge in [-0.15, -0.1) is 6.58 Å². The van der Waals surface area contributed by atoms with Gasteiger partial charge in [0.2, 0.25) is 18.4 Å². The average Bonchev–Trinajstić information content (AvgIpc) is 3.30. The van der Waals surface area contributed by atoms with Crippen LogP contribution < -0.4 is 14.2 Å². The number of carboxylic acid groups (broad SMARTS) is 1. The van der Waals surface area contributed by atoms with Gasteiger partial charge in [-0.2, -0.15) is 0 Å². The van der Waals surface area contributed by atoms with E-state index in [1.165, 1.54) is 0 Å². The highest BCUT2D eigenvalue weighted by Gasteiger charge is 2.61. The van der Waals surface area contributed by atoms with Gasteiger partial charge in [0.25, 0.3) is 0 Å². The number of carbonyl (C=O) groups excluding carboxylic acids is 1. The van der Waals surface area contributed by atoms with E-state index in [0.717, 1.165) is 5.56 Å². The van der Waals surface area contributed by atoms with Crippen LogP contribution >= 0.6 is 0 Å². The van der Waals surface area contributed by atoms with Crippen molar-refractivity contribution in [3.8, 4) is 17.2 Å². The number of methoxy groups -OCH3 is 1. The second-order valence-electron chi connectivity index (χ2n) is 7.22. The molecule has 0 radical (unpaired) electrons. The molecule has 3 aliphatic rings. The van der Waals surface area contributed by atoms with Crippen molar-refractivity contribution >= 4 is 11.9 Å². The smallest absolute Gasteiger partial charge is 0.313 e. The van der Waals surface area contributed by atoms with Gasteiger partial charge in [0.1, 0.15) is 5.41 Å². The molecule has 1 N–H and O–H groups in total. The van der Waals surface area contributed by atoms with Crippen LogP contribution in [0.4, 0.5) is 0 Å². The van der Waals surface area contributed by atoms with Crippen molar-refractivity contribution in [1.82, 2.24) is 9.80 Å². The molecule has 1 aromatic rings. The maximum absolute atomic E-state index is 12.7. The summed E-state index contributed by atoms with van der Waals surface area (Å²) in [6.45, 7) is 5.64. The molecule has 0 aliphatic carbocycles. The monoisotopic (exact) mass is 374 g/mol. The predicted octanol–water partition coefficient (Wildman–Crippen LogP) is 0.955. The maximum Gasteiger partial charge on any atom is 0.313 e. The molecule has 4 rings (SSSR count). The lowest BCUT2D eigenvalue weighted by atomic mass is 9.81. The van der Waals surface area contributed by atoms with Gasteiger partial charge < -0.3 is 24.2 Å². The molecule has 1 aromatic carbocycles. The lowest BCUT2D eigenvalue weighted by Crippen LogP contribution is -2.40. The van der Waals surface area contributed by atoms with Crippen LogP contribution in [0.15, 0.2) is 24.8 Å². The fraction of sp³-hybridized carbons (Fsp3) is 0.474. The Kier molecular flexibility index (Phi) is 4.22. The minimum absolute atomic E-state index is 0.108. The zero-order valence-corrected chi connectivity index (χ0v) is 15.1. The first kappa shape index (κ1) is 17.7. The summed E-state index contributed by atoms with van der Waals surface area (Å²) < 4.78 is 16.2. The van der Waals surface area contributed by atoms with E-state index in [1.54, 1.807) is 18.1 Å². The van der Waals surface area contributed by atoms with E-state index >= 15 is 0 Å². The van der Waals surface area contributed by atoms with Crippen molar-refractivity contribution in [2.75, 3.05) is 40.1 Å². The third-order valence-corrected chi connectivity index (χ3v) is 5.60. The Labute approximate surface area is 156 Å². The number of hydrogen-bond donors (Lipinski definition) is 1. The Morgan fingerprint density at radius 1 is 1.44 bits per heavy atom. The Balaban J connectivity index is 1.56. The Bertz CT molecular complexity index is 810. The number of likely N-dealkylation sites (tertiary alicyclic amines) is 2. The Hall–Kier alpha value is -2.74. The molecule has 8 heteroatoms. The number of carbonyl (C=O) groups is 2. The summed E-state index contributed by atoms with van der Waals surface area (Å²) in [5.41, 5.74) is -0.146. The highest BCUT2D eigenvalue weighted by molar-refractivity contribution is 5.92.